The summed E-state index contributed by atoms with van der Waals surface area (Å²) in [7, 11) is 4.43. The van der Waals surface area contributed by atoms with Crippen LogP contribution in [-0.2, 0) is 16.0 Å². The van der Waals surface area contributed by atoms with Gasteiger partial charge in [-0.15, -0.1) is 11.8 Å². The van der Waals surface area contributed by atoms with Gasteiger partial charge in [-0.3, -0.25) is 14.2 Å². The Labute approximate surface area is 165 Å². The average Bonchev–Trinajstić information content (AvgIpc) is 3.15. The molecular weight excluding hydrogens is 388 g/mol. The smallest absolute Gasteiger partial charge is 0.318 e. The van der Waals surface area contributed by atoms with E-state index in [-0.39, 0.29) is 11.5 Å². The molecule has 0 saturated carbocycles. The molecule has 144 valence electrons. The average molecular weight is 409 g/mol. The summed E-state index contributed by atoms with van der Waals surface area (Å²) in [5, 5.41) is -0.0493. The molecule has 2 heterocycles. The topological polar surface area (TPSA) is 79.7 Å². The van der Waals surface area contributed by atoms with Crippen LogP contribution in [0.3, 0.4) is 0 Å². The maximum atomic E-state index is 13.2. The van der Waals surface area contributed by atoms with E-state index in [1.54, 1.807) is 32.2 Å². The van der Waals surface area contributed by atoms with Crippen LogP contribution in [-0.4, -0.2) is 47.9 Å². The lowest BCUT2D eigenvalue weighted by molar-refractivity contribution is -0.139. The van der Waals surface area contributed by atoms with Gasteiger partial charge in [0.25, 0.3) is 5.56 Å². The van der Waals surface area contributed by atoms with Crippen molar-refractivity contribution in [1.82, 2.24) is 9.55 Å². The van der Waals surface area contributed by atoms with Crippen molar-refractivity contribution in [3.05, 3.63) is 34.2 Å². The molecule has 1 atom stereocenters. The van der Waals surface area contributed by atoms with Crippen molar-refractivity contribution < 1.29 is 19.0 Å². The van der Waals surface area contributed by atoms with Crippen molar-refractivity contribution in [1.29, 1.82) is 0 Å². The number of fused-ring (bicyclic) bond motifs is 1. The highest BCUT2D eigenvalue weighted by Gasteiger charge is 2.25. The maximum Gasteiger partial charge on any atom is 0.318 e. The number of ether oxygens (including phenoxy) is 3. The second kappa shape index (κ2) is 8.26. The van der Waals surface area contributed by atoms with E-state index in [9.17, 15) is 9.59 Å². The number of benzene rings is 1. The van der Waals surface area contributed by atoms with Gasteiger partial charge in [0.1, 0.15) is 5.25 Å². The van der Waals surface area contributed by atoms with Crippen LogP contribution in [0.15, 0.2) is 33.0 Å². The molecule has 1 aliphatic rings. The third kappa shape index (κ3) is 3.79. The molecule has 0 bridgehead atoms. The Morgan fingerprint density at radius 2 is 2.00 bits per heavy atom. The van der Waals surface area contributed by atoms with Gasteiger partial charge in [-0.05, 0) is 19.1 Å². The number of carbonyl (C=O) groups excluding carboxylic acids is 1. The first-order chi connectivity index (χ1) is 13.0. The monoisotopic (exact) mass is 408 g/mol. The number of aryl methyl sites for hydroxylation is 1. The molecule has 7 nitrogen and oxygen atoms in total. The fraction of sp³-hybridized carbons (Fsp3) is 0.389. The zero-order valence-electron chi connectivity index (χ0n) is 15.5. The van der Waals surface area contributed by atoms with Crippen LogP contribution < -0.4 is 15.0 Å². The minimum absolute atomic E-state index is 0.144. The Kier molecular flexibility index (Phi) is 6.01. The number of hydrogen-bond donors (Lipinski definition) is 0. The molecule has 0 N–H and O–H groups in total. The lowest BCUT2D eigenvalue weighted by Gasteiger charge is -2.17. The highest BCUT2D eigenvalue weighted by molar-refractivity contribution is 8.00. The Morgan fingerprint density at radius 1 is 1.26 bits per heavy atom. The molecule has 2 aromatic rings. The predicted octanol–water partition coefficient (Wildman–Crippen LogP) is 2.55. The van der Waals surface area contributed by atoms with Crippen LogP contribution in [0.4, 0.5) is 0 Å². The molecular formula is C18H20N2O5S2. The van der Waals surface area contributed by atoms with Gasteiger partial charge in [0.15, 0.2) is 16.7 Å². The quantitative estimate of drug-likeness (QED) is 0.410. The van der Waals surface area contributed by atoms with E-state index < -0.39 is 5.25 Å². The van der Waals surface area contributed by atoms with Crippen molar-refractivity contribution in [3.63, 3.8) is 0 Å². The van der Waals surface area contributed by atoms with Crippen LogP contribution in [0.25, 0.3) is 5.69 Å². The number of aromatic nitrogens is 2. The SMILES string of the molecule is COC(=O)[C@@H](C)Sc1nc2c(c(=O)n1-c1ccc(OC)c(OC)c1)SCC2. The Bertz CT molecular complexity index is 929. The van der Waals surface area contributed by atoms with E-state index >= 15 is 0 Å². The van der Waals surface area contributed by atoms with E-state index in [1.165, 1.54) is 42.3 Å². The number of thioether (sulfide) groups is 2. The van der Waals surface area contributed by atoms with E-state index in [1.807, 2.05) is 0 Å². The maximum absolute atomic E-state index is 13.2. The molecule has 0 radical (unpaired) electrons. The predicted molar refractivity (Wildman–Crippen MR) is 105 cm³/mol. The van der Waals surface area contributed by atoms with Gasteiger partial charge >= 0.3 is 5.97 Å². The van der Waals surface area contributed by atoms with Crippen molar-refractivity contribution in [2.24, 2.45) is 0 Å². The summed E-state index contributed by atoms with van der Waals surface area (Å²) in [5.41, 5.74) is 1.23. The van der Waals surface area contributed by atoms with Gasteiger partial charge < -0.3 is 14.2 Å². The second-order valence-electron chi connectivity index (χ2n) is 5.73. The summed E-state index contributed by atoms with van der Waals surface area (Å²) in [6, 6.07) is 5.23. The van der Waals surface area contributed by atoms with Crippen LogP contribution in [0.1, 0.15) is 12.6 Å². The molecule has 0 fully saturated rings. The summed E-state index contributed by atoms with van der Waals surface area (Å²) in [6.07, 6.45) is 0.738. The molecule has 0 amide bonds. The fourth-order valence-electron chi connectivity index (χ4n) is 2.74. The number of rotatable bonds is 6. The Hall–Kier alpha value is -2.13. The van der Waals surface area contributed by atoms with E-state index in [0.717, 1.165) is 17.9 Å². The highest BCUT2D eigenvalue weighted by atomic mass is 32.2. The molecule has 0 aliphatic carbocycles. The van der Waals surface area contributed by atoms with E-state index in [2.05, 4.69) is 4.98 Å². The molecule has 0 unspecified atom stereocenters. The third-order valence-electron chi connectivity index (χ3n) is 4.11. The minimum Gasteiger partial charge on any atom is -0.493 e. The van der Waals surface area contributed by atoms with Gasteiger partial charge in [-0.1, -0.05) is 11.8 Å². The van der Waals surface area contributed by atoms with E-state index in [0.29, 0.717) is 27.2 Å². The van der Waals surface area contributed by atoms with Crippen molar-refractivity contribution >= 4 is 29.5 Å². The van der Waals surface area contributed by atoms with Crippen molar-refractivity contribution in [2.75, 3.05) is 27.1 Å². The first kappa shape index (κ1) is 19.6. The lowest BCUT2D eigenvalue weighted by Crippen LogP contribution is -2.25. The van der Waals surface area contributed by atoms with Gasteiger partial charge in [0.2, 0.25) is 0 Å². The normalized spacial score (nSPS) is 13.8. The van der Waals surface area contributed by atoms with Crippen LogP contribution >= 0.6 is 23.5 Å². The number of carbonyl (C=O) groups is 1. The Balaban J connectivity index is 2.16. The van der Waals surface area contributed by atoms with Crippen molar-refractivity contribution in [2.45, 2.75) is 28.6 Å². The van der Waals surface area contributed by atoms with Gasteiger partial charge in [-0.25, -0.2) is 4.98 Å². The van der Waals surface area contributed by atoms with Gasteiger partial charge in [0, 0.05) is 18.2 Å². The fourth-order valence-corrected chi connectivity index (χ4v) is 4.73. The highest BCUT2D eigenvalue weighted by Crippen LogP contribution is 2.34. The zero-order valence-corrected chi connectivity index (χ0v) is 17.1. The standard InChI is InChI=1S/C18H20N2O5S2/c1-10(17(22)25-4)27-18-19-12-7-8-26-15(12)16(21)20(18)11-5-6-13(23-2)14(9-11)24-3/h5-6,9-10H,7-8H2,1-4H3/t10-/m1/s1. The summed E-state index contributed by atoms with van der Waals surface area (Å²) >= 11 is 2.70. The molecule has 9 heteroatoms. The van der Waals surface area contributed by atoms with Crippen LogP contribution in [0.5, 0.6) is 11.5 Å². The second-order valence-corrected chi connectivity index (χ2v) is 8.14. The van der Waals surface area contributed by atoms with Crippen LogP contribution in [0.2, 0.25) is 0 Å². The summed E-state index contributed by atoms with van der Waals surface area (Å²) in [4.78, 5) is 30.3. The van der Waals surface area contributed by atoms with Crippen molar-refractivity contribution in [3.8, 4) is 17.2 Å². The third-order valence-corrected chi connectivity index (χ3v) is 6.25. The van der Waals surface area contributed by atoms with Crippen LogP contribution in [0, 0.1) is 0 Å². The molecule has 27 heavy (non-hydrogen) atoms. The minimum atomic E-state index is -0.500. The lowest BCUT2D eigenvalue weighted by atomic mass is 10.2. The van der Waals surface area contributed by atoms with Gasteiger partial charge in [-0.2, -0.15) is 0 Å². The largest absolute Gasteiger partial charge is 0.493 e. The Morgan fingerprint density at radius 3 is 2.67 bits per heavy atom. The first-order valence-corrected chi connectivity index (χ1v) is 10.1. The zero-order chi connectivity index (χ0) is 19.6. The molecule has 1 aromatic carbocycles. The first-order valence-electron chi connectivity index (χ1n) is 8.25. The van der Waals surface area contributed by atoms with Gasteiger partial charge in [0.05, 0.1) is 37.6 Å². The number of methoxy groups -OCH3 is 3. The van der Waals surface area contributed by atoms with E-state index in [4.69, 9.17) is 14.2 Å². The molecule has 3 rings (SSSR count). The number of nitrogens with zero attached hydrogens (tertiary/aromatic N) is 2. The molecule has 1 aromatic heterocycles. The summed E-state index contributed by atoms with van der Waals surface area (Å²) in [6.45, 7) is 1.73. The number of hydrogen-bond acceptors (Lipinski definition) is 8. The molecule has 1 aliphatic heterocycles. The summed E-state index contributed by atoms with van der Waals surface area (Å²) in [5.74, 6) is 1.52. The molecule has 0 spiro atoms. The molecule has 0 saturated heterocycles. The number of esters is 1. The summed E-state index contributed by atoms with van der Waals surface area (Å²) < 4.78 is 17.0.